The van der Waals surface area contributed by atoms with Crippen molar-refractivity contribution in [1.29, 1.82) is 0 Å². The van der Waals surface area contributed by atoms with Crippen LogP contribution in [0.1, 0.15) is 90.7 Å². The molecule has 15 heteroatoms. The molecular weight excluding hydrogens is 738 g/mol. The third-order valence-corrected chi connectivity index (χ3v) is 10.6. The molecule has 0 spiro atoms. The molecule has 3 aliphatic heterocycles. The number of carbonyl (C=O) groups is 3. The number of methoxy groups -OCH3 is 1. The number of carbonyl (C=O) groups excluding carboxylic acids is 3. The molecule has 0 aliphatic carbocycles. The standard InChI is InChI=1S/C42H57N3O12/c1-19-14-13-15-20(2)40(53)44-31-26(18-43-45-41(8,9)10)35(50)28-29(36(31)51)34(49)24(6)38-30(28)39(52)42(11,57-38)55-17-16-27(54-12)21(3)37(56-25(7)46)23(5)33(48)22(4)32(19)47/h13-19,21-23,27,32-33,37,45,47-51H,1-12H3,(H,44,53)/b14-13+,17-16+,20-15-,43-18+/t19-,21+,22+,23+,27-,32-,33+,37+,42-/m0/s1. The summed E-state index contributed by atoms with van der Waals surface area (Å²) in [7, 11) is 1.43. The summed E-state index contributed by atoms with van der Waals surface area (Å²) in [5.74, 6) is -8.49. The normalized spacial score (nSPS) is 31.0. The van der Waals surface area contributed by atoms with E-state index in [-0.39, 0.29) is 44.5 Å². The lowest BCUT2D eigenvalue weighted by molar-refractivity contribution is -0.160. The number of phenols is 3. The van der Waals surface area contributed by atoms with Gasteiger partial charge in [-0.15, -0.1) is 0 Å². The molecule has 7 N–H and O–H groups in total. The van der Waals surface area contributed by atoms with E-state index >= 15 is 0 Å². The number of hydrogen-bond acceptors (Lipinski definition) is 14. The Hall–Kier alpha value is -5.12. The Labute approximate surface area is 333 Å². The van der Waals surface area contributed by atoms with Gasteiger partial charge in [-0.2, -0.15) is 5.10 Å². The highest BCUT2D eigenvalue weighted by atomic mass is 16.7. The van der Waals surface area contributed by atoms with Crippen molar-refractivity contribution in [1.82, 2.24) is 5.43 Å². The summed E-state index contributed by atoms with van der Waals surface area (Å²) >= 11 is 0. The van der Waals surface area contributed by atoms with Crippen LogP contribution in [0.15, 0.2) is 41.2 Å². The lowest BCUT2D eigenvalue weighted by Gasteiger charge is -2.38. The van der Waals surface area contributed by atoms with E-state index in [2.05, 4.69) is 15.8 Å². The third kappa shape index (κ3) is 9.05. The zero-order chi connectivity index (χ0) is 42.9. The first-order valence-corrected chi connectivity index (χ1v) is 18.8. The van der Waals surface area contributed by atoms with Crippen LogP contribution in [0.25, 0.3) is 10.8 Å². The molecule has 1 amide bonds. The van der Waals surface area contributed by atoms with Crippen LogP contribution in [-0.4, -0.2) is 92.3 Å². The molecule has 2 aromatic rings. The molecule has 0 radical (unpaired) electrons. The maximum atomic E-state index is 14.3. The SMILES string of the molecule is CO[C@H]1/C=C/O[C@@]2(C)Oc3c(C)c(O)c4c(O)c(c(/C=N/NC(C)(C)C)c(O)c4c3C2=O)NC(=O)/C(C)=C\C=C\[C@H](C)[C@H](O)[C@@H](C)[C@@H](O)[C@@H](C)[C@H](OC(C)=O)[C@@H]1C. The number of amides is 1. The number of allylic oxidation sites excluding steroid dienone is 2. The van der Waals surface area contributed by atoms with Crippen molar-refractivity contribution in [2.45, 2.75) is 112 Å². The predicted octanol–water partition coefficient (Wildman–Crippen LogP) is 5.48. The molecule has 0 saturated carbocycles. The number of ketones is 1. The molecule has 0 unspecified atom stereocenters. The van der Waals surface area contributed by atoms with Crippen LogP contribution in [0.5, 0.6) is 23.0 Å². The summed E-state index contributed by atoms with van der Waals surface area (Å²) in [5.41, 5.74) is 1.89. The monoisotopic (exact) mass is 795 g/mol. The van der Waals surface area contributed by atoms with E-state index in [0.29, 0.717) is 0 Å². The topological polar surface area (TPSA) is 226 Å². The Kier molecular flexibility index (Phi) is 13.4. The van der Waals surface area contributed by atoms with Gasteiger partial charge in [0.15, 0.2) is 5.75 Å². The summed E-state index contributed by atoms with van der Waals surface area (Å²) in [6, 6.07) is 0. The van der Waals surface area contributed by atoms with Gasteiger partial charge in [-0.05, 0) is 40.7 Å². The zero-order valence-corrected chi connectivity index (χ0v) is 34.6. The molecule has 312 valence electrons. The lowest BCUT2D eigenvalue weighted by atomic mass is 9.78. The Balaban J connectivity index is 1.98. The summed E-state index contributed by atoms with van der Waals surface area (Å²) in [6.45, 7) is 18.0. The van der Waals surface area contributed by atoms with Gasteiger partial charge in [-0.1, -0.05) is 45.9 Å². The summed E-state index contributed by atoms with van der Waals surface area (Å²) < 4.78 is 23.5. The number of anilines is 1. The number of aliphatic hydroxyl groups excluding tert-OH is 2. The molecule has 57 heavy (non-hydrogen) atoms. The highest BCUT2D eigenvalue weighted by molar-refractivity contribution is 6.23. The van der Waals surface area contributed by atoms with E-state index < -0.39 is 94.3 Å². The molecular formula is C42H57N3O12. The van der Waals surface area contributed by atoms with Crippen molar-refractivity contribution in [2.24, 2.45) is 28.8 Å². The highest BCUT2D eigenvalue weighted by Crippen LogP contribution is 2.55. The number of Topliss-reactive ketones (excluding diaryl/α,β-unsaturated/α-hetero) is 1. The highest BCUT2D eigenvalue weighted by Gasteiger charge is 2.50. The maximum absolute atomic E-state index is 14.3. The first-order chi connectivity index (χ1) is 26.5. The Bertz CT molecular complexity index is 2010. The molecule has 15 nitrogen and oxygen atoms in total. The molecule has 3 aliphatic rings. The van der Waals surface area contributed by atoms with Crippen molar-refractivity contribution in [3.63, 3.8) is 0 Å². The van der Waals surface area contributed by atoms with Crippen LogP contribution in [0.2, 0.25) is 0 Å². The van der Waals surface area contributed by atoms with E-state index in [9.17, 15) is 39.9 Å². The van der Waals surface area contributed by atoms with Crippen molar-refractivity contribution in [3.05, 3.63) is 52.8 Å². The van der Waals surface area contributed by atoms with Gasteiger partial charge in [-0.3, -0.25) is 14.4 Å². The van der Waals surface area contributed by atoms with Crippen molar-refractivity contribution in [2.75, 3.05) is 12.4 Å². The average molecular weight is 796 g/mol. The summed E-state index contributed by atoms with van der Waals surface area (Å²) in [5, 5.41) is 64.3. The Morgan fingerprint density at radius 2 is 1.61 bits per heavy atom. The molecule has 0 aromatic heterocycles. The number of nitrogens with zero attached hydrogens (tertiary/aromatic N) is 1. The number of phenolic OH excluding ortho intramolecular Hbond substituents is 3. The minimum atomic E-state index is -2.05. The number of hydrazone groups is 1. The van der Waals surface area contributed by atoms with Crippen LogP contribution in [-0.2, 0) is 23.8 Å². The van der Waals surface area contributed by atoms with Gasteiger partial charge in [0, 0.05) is 66.7 Å². The maximum Gasteiger partial charge on any atom is 0.312 e. The van der Waals surface area contributed by atoms with Crippen LogP contribution in [0.3, 0.4) is 0 Å². The molecule has 2 aromatic carbocycles. The fraction of sp³-hybridized carbons (Fsp3) is 0.524. The fourth-order valence-electron chi connectivity index (χ4n) is 7.16. The van der Waals surface area contributed by atoms with Crippen LogP contribution in [0, 0.1) is 30.6 Å². The summed E-state index contributed by atoms with van der Waals surface area (Å²) in [6.07, 6.45) is 4.67. The Morgan fingerprint density at radius 3 is 2.21 bits per heavy atom. The van der Waals surface area contributed by atoms with E-state index in [1.807, 2.05) is 20.8 Å². The van der Waals surface area contributed by atoms with Crippen molar-refractivity contribution >= 4 is 40.3 Å². The molecule has 9 atom stereocenters. The first kappa shape index (κ1) is 44.6. The number of hydrogen-bond donors (Lipinski definition) is 7. The molecule has 5 bridgehead atoms. The molecule has 5 rings (SSSR count). The molecule has 0 saturated heterocycles. The van der Waals surface area contributed by atoms with Crippen LogP contribution >= 0.6 is 0 Å². The quantitative estimate of drug-likeness (QED) is 0.0671. The second-order valence-corrected chi connectivity index (χ2v) is 16.2. The summed E-state index contributed by atoms with van der Waals surface area (Å²) in [4.78, 5) is 40.3. The smallest absolute Gasteiger partial charge is 0.312 e. The first-order valence-electron chi connectivity index (χ1n) is 18.8. The van der Waals surface area contributed by atoms with E-state index in [0.717, 1.165) is 0 Å². The van der Waals surface area contributed by atoms with E-state index in [4.69, 9.17) is 18.9 Å². The minimum absolute atomic E-state index is 0.0439. The van der Waals surface area contributed by atoms with Gasteiger partial charge in [0.2, 0.25) is 0 Å². The van der Waals surface area contributed by atoms with Gasteiger partial charge < -0.3 is 55.2 Å². The Morgan fingerprint density at radius 1 is 0.965 bits per heavy atom. The number of rotatable bonds is 4. The fourth-order valence-corrected chi connectivity index (χ4v) is 7.16. The van der Waals surface area contributed by atoms with Crippen molar-refractivity contribution < 1.29 is 58.9 Å². The zero-order valence-electron chi connectivity index (χ0n) is 34.6. The van der Waals surface area contributed by atoms with Gasteiger partial charge in [0.05, 0.1) is 53.0 Å². The van der Waals surface area contributed by atoms with E-state index in [1.165, 1.54) is 59.4 Å². The second kappa shape index (κ2) is 17.2. The number of fused-ring (bicyclic) bond motifs is 14. The molecule has 0 fully saturated rings. The number of aromatic hydroxyl groups is 3. The average Bonchev–Trinajstić information content (AvgIpc) is 3.40. The van der Waals surface area contributed by atoms with Gasteiger partial charge in [0.1, 0.15) is 23.4 Å². The van der Waals surface area contributed by atoms with Crippen LogP contribution < -0.4 is 15.5 Å². The second-order valence-electron chi connectivity index (χ2n) is 16.2. The predicted molar refractivity (Wildman–Crippen MR) is 214 cm³/mol. The largest absolute Gasteiger partial charge is 0.507 e. The number of aliphatic hydroxyl groups is 2. The molecule has 3 heterocycles. The van der Waals surface area contributed by atoms with Gasteiger partial charge in [0.25, 0.3) is 11.7 Å². The number of benzene rings is 2. The van der Waals surface area contributed by atoms with E-state index in [1.54, 1.807) is 39.8 Å². The van der Waals surface area contributed by atoms with Gasteiger partial charge >= 0.3 is 11.8 Å². The van der Waals surface area contributed by atoms with Crippen LogP contribution in [0.4, 0.5) is 5.69 Å². The number of esters is 1. The van der Waals surface area contributed by atoms with Crippen molar-refractivity contribution in [3.8, 4) is 23.0 Å². The number of nitrogens with one attached hydrogen (secondary N) is 2. The lowest BCUT2D eigenvalue weighted by Crippen LogP contribution is -2.46. The number of ether oxygens (including phenoxy) is 4. The van der Waals surface area contributed by atoms with Gasteiger partial charge in [-0.25, -0.2) is 0 Å². The minimum Gasteiger partial charge on any atom is -0.507 e. The third-order valence-electron chi connectivity index (χ3n) is 10.6.